The lowest BCUT2D eigenvalue weighted by Gasteiger charge is -2.34. The molecule has 1 amide bonds. The van der Waals surface area contributed by atoms with Crippen LogP contribution in [0.15, 0.2) is 34.9 Å². The second kappa shape index (κ2) is 7.48. The van der Waals surface area contributed by atoms with Crippen LogP contribution in [0.1, 0.15) is 44.0 Å². The number of nitrogens with zero attached hydrogens (tertiary/aromatic N) is 3. The number of benzene rings is 1. The summed E-state index contributed by atoms with van der Waals surface area (Å²) in [6.07, 6.45) is 1.72. The molecular formula is C19H21N3O5. The van der Waals surface area contributed by atoms with Crippen molar-refractivity contribution >= 4 is 11.9 Å². The molecule has 0 saturated carbocycles. The number of hydrogen-bond donors (Lipinski definition) is 1. The zero-order valence-electron chi connectivity index (χ0n) is 14.8. The minimum Gasteiger partial charge on any atom is -0.479 e. The molecule has 2 aliphatic heterocycles. The Kier molecular flexibility index (Phi) is 4.89. The summed E-state index contributed by atoms with van der Waals surface area (Å²) in [6, 6.07) is 9.21. The first kappa shape index (κ1) is 17.7. The van der Waals surface area contributed by atoms with E-state index >= 15 is 0 Å². The smallest absolute Gasteiger partial charge is 0.332 e. The molecule has 8 nitrogen and oxygen atoms in total. The maximum atomic E-state index is 12.9. The average molecular weight is 371 g/mol. The Morgan fingerprint density at radius 3 is 2.59 bits per heavy atom. The van der Waals surface area contributed by atoms with Gasteiger partial charge in [0.25, 0.3) is 5.91 Å². The van der Waals surface area contributed by atoms with E-state index in [0.29, 0.717) is 31.1 Å². The molecule has 2 fully saturated rings. The monoisotopic (exact) mass is 371 g/mol. The topological polar surface area (TPSA) is 106 Å². The first-order valence-corrected chi connectivity index (χ1v) is 9.21. The van der Waals surface area contributed by atoms with Crippen molar-refractivity contribution in [3.63, 3.8) is 0 Å². The van der Waals surface area contributed by atoms with Crippen molar-refractivity contribution in [1.82, 2.24) is 15.0 Å². The third-order valence-electron chi connectivity index (χ3n) is 5.12. The molecule has 3 atom stereocenters. The molecule has 0 aliphatic carbocycles. The zero-order valence-corrected chi connectivity index (χ0v) is 14.8. The van der Waals surface area contributed by atoms with Crippen molar-refractivity contribution in [2.45, 2.75) is 50.4 Å². The molecule has 2 aromatic rings. The van der Waals surface area contributed by atoms with Gasteiger partial charge >= 0.3 is 5.97 Å². The van der Waals surface area contributed by atoms with Gasteiger partial charge in [0.2, 0.25) is 11.7 Å². The van der Waals surface area contributed by atoms with E-state index in [9.17, 15) is 9.59 Å². The van der Waals surface area contributed by atoms with Crippen molar-refractivity contribution in [3.8, 4) is 11.4 Å². The van der Waals surface area contributed by atoms with Crippen molar-refractivity contribution in [2.75, 3.05) is 6.54 Å². The normalized spacial score (nSPS) is 25.5. The first-order valence-electron chi connectivity index (χ1n) is 9.21. The number of rotatable bonds is 4. The van der Waals surface area contributed by atoms with E-state index in [4.69, 9.17) is 14.4 Å². The zero-order chi connectivity index (χ0) is 18.8. The van der Waals surface area contributed by atoms with E-state index in [-0.39, 0.29) is 11.9 Å². The summed E-state index contributed by atoms with van der Waals surface area (Å²) in [5.41, 5.74) is 0.851. The molecular weight excluding hydrogens is 350 g/mol. The van der Waals surface area contributed by atoms with Gasteiger partial charge < -0.3 is 19.3 Å². The Morgan fingerprint density at radius 1 is 1.07 bits per heavy atom. The fourth-order valence-corrected chi connectivity index (χ4v) is 3.71. The van der Waals surface area contributed by atoms with Crippen molar-refractivity contribution in [1.29, 1.82) is 0 Å². The second-order valence-electron chi connectivity index (χ2n) is 6.89. The molecule has 0 bridgehead atoms. The lowest BCUT2D eigenvalue weighted by atomic mass is 10.0. The van der Waals surface area contributed by atoms with Crippen LogP contribution < -0.4 is 0 Å². The van der Waals surface area contributed by atoms with Gasteiger partial charge in [0.1, 0.15) is 12.1 Å². The fourth-order valence-electron chi connectivity index (χ4n) is 3.71. The molecule has 27 heavy (non-hydrogen) atoms. The number of ether oxygens (including phenoxy) is 1. The van der Waals surface area contributed by atoms with Crippen LogP contribution in [0.4, 0.5) is 0 Å². The summed E-state index contributed by atoms with van der Waals surface area (Å²) in [4.78, 5) is 30.2. The van der Waals surface area contributed by atoms with Crippen LogP contribution in [0.25, 0.3) is 11.4 Å². The molecule has 1 aromatic carbocycles. The van der Waals surface area contributed by atoms with Gasteiger partial charge in [0.05, 0.1) is 0 Å². The lowest BCUT2D eigenvalue weighted by molar-refractivity contribution is -0.156. The van der Waals surface area contributed by atoms with Crippen molar-refractivity contribution < 1.29 is 24.0 Å². The minimum absolute atomic E-state index is 0.192. The van der Waals surface area contributed by atoms with Crippen LogP contribution in [0.5, 0.6) is 0 Å². The molecule has 0 radical (unpaired) electrons. The Bertz CT molecular complexity index is 822. The maximum absolute atomic E-state index is 12.9. The maximum Gasteiger partial charge on any atom is 0.332 e. The van der Waals surface area contributed by atoms with Gasteiger partial charge in [0.15, 0.2) is 6.10 Å². The molecule has 8 heteroatoms. The van der Waals surface area contributed by atoms with Crippen molar-refractivity contribution in [2.24, 2.45) is 0 Å². The quantitative estimate of drug-likeness (QED) is 0.880. The summed E-state index contributed by atoms with van der Waals surface area (Å²) < 4.78 is 10.9. The number of hydrogen-bond acceptors (Lipinski definition) is 6. The van der Waals surface area contributed by atoms with Crippen LogP contribution in [-0.2, 0) is 14.3 Å². The number of aromatic nitrogens is 2. The van der Waals surface area contributed by atoms with Crippen LogP contribution in [0.3, 0.4) is 0 Å². The van der Waals surface area contributed by atoms with Gasteiger partial charge in [-0.25, -0.2) is 4.79 Å². The Morgan fingerprint density at radius 2 is 1.85 bits per heavy atom. The van der Waals surface area contributed by atoms with E-state index < -0.39 is 18.2 Å². The summed E-state index contributed by atoms with van der Waals surface area (Å²) in [7, 11) is 0. The molecule has 3 heterocycles. The third kappa shape index (κ3) is 3.57. The number of carbonyl (C=O) groups is 2. The van der Waals surface area contributed by atoms with Crippen molar-refractivity contribution in [3.05, 3.63) is 36.2 Å². The molecule has 1 N–H and O–H groups in total. The predicted octanol–water partition coefficient (Wildman–Crippen LogP) is 2.42. The lowest BCUT2D eigenvalue weighted by Crippen LogP contribution is -2.44. The van der Waals surface area contributed by atoms with Gasteiger partial charge in [-0.2, -0.15) is 4.98 Å². The second-order valence-corrected chi connectivity index (χ2v) is 6.89. The highest BCUT2D eigenvalue weighted by molar-refractivity contribution is 5.83. The summed E-state index contributed by atoms with van der Waals surface area (Å²) in [5, 5.41) is 13.1. The highest BCUT2D eigenvalue weighted by atomic mass is 16.5. The van der Waals surface area contributed by atoms with Crippen LogP contribution in [0, 0.1) is 0 Å². The Hall–Kier alpha value is -2.74. The number of aliphatic carboxylic acids is 1. The number of piperidine rings is 1. The van der Waals surface area contributed by atoms with Gasteiger partial charge in [-0.1, -0.05) is 35.5 Å². The largest absolute Gasteiger partial charge is 0.479 e. The summed E-state index contributed by atoms with van der Waals surface area (Å²) >= 11 is 0. The van der Waals surface area contributed by atoms with E-state index in [2.05, 4.69) is 10.1 Å². The minimum atomic E-state index is -1.02. The van der Waals surface area contributed by atoms with E-state index in [1.54, 1.807) is 4.90 Å². The highest BCUT2D eigenvalue weighted by Gasteiger charge is 2.40. The van der Waals surface area contributed by atoms with Crippen LogP contribution in [-0.4, -0.2) is 50.8 Å². The molecule has 2 saturated heterocycles. The highest BCUT2D eigenvalue weighted by Crippen LogP contribution is 2.33. The van der Waals surface area contributed by atoms with E-state index in [0.717, 1.165) is 24.8 Å². The number of carboxylic acids is 1. The van der Waals surface area contributed by atoms with E-state index in [1.165, 1.54) is 0 Å². The number of carbonyl (C=O) groups excluding carboxylic acids is 1. The third-order valence-corrected chi connectivity index (χ3v) is 5.12. The summed E-state index contributed by atoms with van der Waals surface area (Å²) in [5.74, 6) is -0.311. The Balaban J connectivity index is 1.52. The van der Waals surface area contributed by atoms with E-state index in [1.807, 2.05) is 30.3 Å². The number of amides is 1. The SMILES string of the molecule is O=C(O)[C@H]1CC[C@@H](C(=O)N2CCCCC2c2nc(-c3ccccc3)no2)O1. The molecule has 142 valence electrons. The standard InChI is InChI=1S/C19H21N3O5/c23-18(14-9-10-15(26-14)19(24)25)22-11-5-4-8-13(22)17-20-16(21-27-17)12-6-2-1-3-7-12/h1-3,6-7,13-15H,4-5,8-11H2,(H,24,25)/t13?,14-,15+/m0/s1. The average Bonchev–Trinajstić information content (AvgIpc) is 3.38. The molecule has 2 aliphatic rings. The molecule has 4 rings (SSSR count). The molecule has 0 spiro atoms. The predicted molar refractivity (Wildman–Crippen MR) is 93.6 cm³/mol. The molecule has 1 unspecified atom stereocenters. The van der Waals surface area contributed by atoms with Gasteiger partial charge in [0, 0.05) is 12.1 Å². The van der Waals surface area contributed by atoms with Gasteiger partial charge in [-0.05, 0) is 32.1 Å². The fraction of sp³-hybridized carbons (Fsp3) is 0.474. The number of carboxylic acid groups (broad SMARTS) is 1. The summed E-state index contributed by atoms with van der Waals surface area (Å²) in [6.45, 7) is 0.574. The van der Waals surface area contributed by atoms with Gasteiger partial charge in [-0.15, -0.1) is 0 Å². The Labute approximate surface area is 156 Å². The first-order chi connectivity index (χ1) is 13.1. The number of likely N-dealkylation sites (tertiary alicyclic amines) is 1. The molecule has 1 aromatic heterocycles. The van der Waals surface area contributed by atoms with Crippen LogP contribution in [0.2, 0.25) is 0 Å². The van der Waals surface area contributed by atoms with Crippen LogP contribution >= 0.6 is 0 Å². The van der Waals surface area contributed by atoms with Gasteiger partial charge in [-0.3, -0.25) is 4.79 Å².